The monoisotopic (exact) mass is 134 g/mol. The Hall–Kier alpha value is -0.160. The Bertz CT molecular complexity index is 81.0. The van der Waals surface area contributed by atoms with Gasteiger partial charge in [0.15, 0.2) is 0 Å². The van der Waals surface area contributed by atoms with Crippen LogP contribution in [0, 0.1) is 0 Å². The molecule has 2 unspecified atom stereocenters. The molecule has 0 aromatic carbocycles. The molecule has 2 atom stereocenters. The fourth-order valence-electron chi connectivity index (χ4n) is 0.279. The zero-order valence-corrected chi connectivity index (χ0v) is 5.70. The third-order valence-electron chi connectivity index (χ3n) is 1.52. The van der Waals surface area contributed by atoms with Gasteiger partial charge in [0.1, 0.15) is 5.60 Å². The lowest BCUT2D eigenvalue weighted by Gasteiger charge is -2.29. The molecule has 0 amide bonds. The van der Waals surface area contributed by atoms with E-state index in [4.69, 9.17) is 21.7 Å². The van der Waals surface area contributed by atoms with Crippen LogP contribution in [0.4, 0.5) is 0 Å². The summed E-state index contributed by atoms with van der Waals surface area (Å²) in [7, 11) is 0. The molecule has 0 saturated carbocycles. The van der Waals surface area contributed by atoms with Crippen molar-refractivity contribution in [3.63, 3.8) is 0 Å². The number of nitrogens with two attached hydrogens (primary N) is 2. The average Bonchev–Trinajstić information content (AvgIpc) is 1.65. The van der Waals surface area contributed by atoms with Crippen LogP contribution in [0.25, 0.3) is 0 Å². The van der Waals surface area contributed by atoms with Crippen molar-refractivity contribution in [2.45, 2.75) is 31.7 Å². The molecule has 0 fully saturated rings. The van der Waals surface area contributed by atoms with Gasteiger partial charge in [0.05, 0.1) is 12.3 Å². The number of aliphatic hydroxyl groups is 2. The van der Waals surface area contributed by atoms with Gasteiger partial charge in [-0.2, -0.15) is 0 Å². The van der Waals surface area contributed by atoms with Gasteiger partial charge in [-0.1, -0.05) is 0 Å². The second-order valence-electron chi connectivity index (χ2n) is 2.43. The van der Waals surface area contributed by atoms with Gasteiger partial charge in [0, 0.05) is 0 Å². The van der Waals surface area contributed by atoms with Gasteiger partial charge in [0.25, 0.3) is 0 Å². The fraction of sp³-hybridized carbons (Fsp3) is 1.00. The van der Waals surface area contributed by atoms with E-state index in [2.05, 4.69) is 0 Å². The van der Waals surface area contributed by atoms with Crippen LogP contribution in [0.2, 0.25) is 0 Å². The molecule has 4 nitrogen and oxygen atoms in total. The molecule has 0 aliphatic carbocycles. The minimum Gasteiger partial charge on any atom is -0.390 e. The summed E-state index contributed by atoms with van der Waals surface area (Å²) in [6.07, 6.45) is -1.81. The zero-order chi connectivity index (χ0) is 7.65. The van der Waals surface area contributed by atoms with Crippen LogP contribution < -0.4 is 11.5 Å². The number of hydrogen-bond donors (Lipinski definition) is 4. The van der Waals surface area contributed by atoms with Crippen molar-refractivity contribution in [2.75, 3.05) is 0 Å². The van der Waals surface area contributed by atoms with E-state index in [1.54, 1.807) is 0 Å². The molecule has 0 spiro atoms. The van der Waals surface area contributed by atoms with Gasteiger partial charge in [-0.15, -0.1) is 0 Å². The number of hydrogen-bond acceptors (Lipinski definition) is 4. The molecule has 0 saturated heterocycles. The summed E-state index contributed by atoms with van der Waals surface area (Å²) in [6.45, 7) is 2.83. The minimum atomic E-state index is -1.39. The first kappa shape index (κ1) is 8.84. The van der Waals surface area contributed by atoms with E-state index in [-0.39, 0.29) is 0 Å². The summed E-state index contributed by atoms with van der Waals surface area (Å²) < 4.78 is 0. The minimum absolute atomic E-state index is 0.905. The largest absolute Gasteiger partial charge is 0.390 e. The lowest BCUT2D eigenvalue weighted by molar-refractivity contribution is -0.0677. The molecule has 0 aliphatic rings. The Labute approximate surface area is 54.5 Å². The summed E-state index contributed by atoms with van der Waals surface area (Å²) in [5.74, 6) is 0. The Balaban J connectivity index is 4.01. The maximum atomic E-state index is 9.17. The molecule has 6 N–H and O–H groups in total. The topological polar surface area (TPSA) is 92.5 Å². The molecule has 0 aromatic heterocycles. The van der Waals surface area contributed by atoms with Gasteiger partial charge >= 0.3 is 0 Å². The average molecular weight is 134 g/mol. The van der Waals surface area contributed by atoms with Crippen LogP contribution in [0.3, 0.4) is 0 Å². The highest BCUT2D eigenvalue weighted by molar-refractivity contribution is 4.85. The molecule has 0 rings (SSSR count). The molecular weight excluding hydrogens is 120 g/mol. The van der Waals surface area contributed by atoms with Crippen molar-refractivity contribution in [2.24, 2.45) is 11.5 Å². The van der Waals surface area contributed by atoms with Crippen LogP contribution in [0.1, 0.15) is 13.8 Å². The summed E-state index contributed by atoms with van der Waals surface area (Å²) >= 11 is 0. The summed E-state index contributed by atoms with van der Waals surface area (Å²) in [5.41, 5.74) is 8.89. The fourth-order valence-corrected chi connectivity index (χ4v) is 0.279. The predicted molar refractivity (Wildman–Crippen MR) is 34.5 cm³/mol. The van der Waals surface area contributed by atoms with Gasteiger partial charge < -0.3 is 21.7 Å². The Morgan fingerprint density at radius 2 is 1.78 bits per heavy atom. The highest BCUT2D eigenvalue weighted by Gasteiger charge is 2.31. The highest BCUT2D eigenvalue weighted by atomic mass is 16.3. The lowest BCUT2D eigenvalue weighted by atomic mass is 9.98. The van der Waals surface area contributed by atoms with E-state index in [1.165, 1.54) is 13.8 Å². The standard InChI is InChI=1S/C5H14N2O2/c1-3(8)5(2,9)4(6)7/h3-4,8-9H,6-7H2,1-2H3. The summed E-state index contributed by atoms with van der Waals surface area (Å²) in [4.78, 5) is 0. The molecule has 9 heavy (non-hydrogen) atoms. The SMILES string of the molecule is CC(O)C(C)(O)C(N)N. The van der Waals surface area contributed by atoms with Crippen LogP contribution in [-0.2, 0) is 0 Å². The summed E-state index contributed by atoms with van der Waals surface area (Å²) in [6, 6.07) is 0. The Morgan fingerprint density at radius 1 is 1.44 bits per heavy atom. The van der Waals surface area contributed by atoms with Crippen LogP contribution in [0.15, 0.2) is 0 Å². The van der Waals surface area contributed by atoms with E-state index in [9.17, 15) is 0 Å². The van der Waals surface area contributed by atoms with E-state index in [1.807, 2.05) is 0 Å². The maximum absolute atomic E-state index is 9.17. The van der Waals surface area contributed by atoms with Crippen molar-refractivity contribution >= 4 is 0 Å². The van der Waals surface area contributed by atoms with Crippen molar-refractivity contribution in [3.8, 4) is 0 Å². The molecule has 0 aliphatic heterocycles. The molecule has 0 heterocycles. The van der Waals surface area contributed by atoms with E-state index < -0.39 is 17.9 Å². The van der Waals surface area contributed by atoms with Crippen molar-refractivity contribution < 1.29 is 10.2 Å². The van der Waals surface area contributed by atoms with Crippen LogP contribution in [0.5, 0.6) is 0 Å². The third kappa shape index (κ3) is 1.91. The van der Waals surface area contributed by atoms with E-state index >= 15 is 0 Å². The van der Waals surface area contributed by atoms with Crippen LogP contribution >= 0.6 is 0 Å². The quantitative estimate of drug-likeness (QED) is 0.341. The van der Waals surface area contributed by atoms with Crippen molar-refractivity contribution in [3.05, 3.63) is 0 Å². The predicted octanol–water partition coefficient (Wildman–Crippen LogP) is -1.64. The van der Waals surface area contributed by atoms with E-state index in [0.29, 0.717) is 0 Å². The lowest BCUT2D eigenvalue weighted by Crippen LogP contribution is -2.57. The van der Waals surface area contributed by atoms with E-state index in [0.717, 1.165) is 0 Å². The first-order valence-corrected chi connectivity index (χ1v) is 2.80. The smallest absolute Gasteiger partial charge is 0.115 e. The van der Waals surface area contributed by atoms with Crippen LogP contribution in [-0.4, -0.2) is 28.1 Å². The van der Waals surface area contributed by atoms with Gasteiger partial charge in [-0.05, 0) is 13.8 Å². The second-order valence-corrected chi connectivity index (χ2v) is 2.43. The zero-order valence-electron chi connectivity index (χ0n) is 5.70. The third-order valence-corrected chi connectivity index (χ3v) is 1.52. The van der Waals surface area contributed by atoms with Gasteiger partial charge in [-0.3, -0.25) is 0 Å². The molecule has 0 aromatic rings. The van der Waals surface area contributed by atoms with Crippen molar-refractivity contribution in [1.82, 2.24) is 0 Å². The Morgan fingerprint density at radius 3 is 1.78 bits per heavy atom. The van der Waals surface area contributed by atoms with Gasteiger partial charge in [-0.25, -0.2) is 0 Å². The number of rotatable bonds is 2. The highest BCUT2D eigenvalue weighted by Crippen LogP contribution is 2.09. The maximum Gasteiger partial charge on any atom is 0.115 e. The normalized spacial score (nSPS) is 21.7. The summed E-state index contributed by atoms with van der Waals surface area (Å²) in [5, 5.41) is 18.0. The molecular formula is C5H14N2O2. The first-order chi connectivity index (χ1) is 3.89. The second kappa shape index (κ2) is 2.62. The molecule has 56 valence electrons. The number of aliphatic hydroxyl groups excluding tert-OH is 1. The molecule has 0 bridgehead atoms. The first-order valence-electron chi connectivity index (χ1n) is 2.80. The molecule has 4 heteroatoms. The van der Waals surface area contributed by atoms with Crippen molar-refractivity contribution in [1.29, 1.82) is 0 Å². The van der Waals surface area contributed by atoms with Gasteiger partial charge in [0.2, 0.25) is 0 Å². The Kier molecular flexibility index (Phi) is 2.57. The molecule has 0 radical (unpaired) electrons.